The molecule has 0 aromatic heterocycles. The molecule has 13 heavy (non-hydrogen) atoms. The number of hydrogen-bond donors (Lipinski definition) is 3. The second kappa shape index (κ2) is 3.18. The van der Waals surface area contributed by atoms with Gasteiger partial charge < -0.3 is 30.6 Å². The van der Waals surface area contributed by atoms with Crippen molar-refractivity contribution >= 4 is 0 Å². The predicted octanol–water partition coefficient (Wildman–Crippen LogP) is -0.848. The van der Waals surface area contributed by atoms with Crippen molar-refractivity contribution in [2.75, 3.05) is 6.61 Å². The molecule has 2 unspecified atom stereocenters. The van der Waals surface area contributed by atoms with Gasteiger partial charge in [0, 0.05) is 0 Å². The second-order valence-corrected chi connectivity index (χ2v) is 3.06. The SMILES string of the molecule is N=N[N-][C@H]1C2OCC(O2)[C@H](O)[C@@H]1O. The first-order valence-corrected chi connectivity index (χ1v) is 3.94. The molecule has 2 aliphatic rings. The molecule has 2 rings (SSSR count). The lowest BCUT2D eigenvalue weighted by atomic mass is 10.00. The number of aliphatic hydroxyl groups is 2. The fourth-order valence-corrected chi connectivity index (χ4v) is 1.57. The first-order chi connectivity index (χ1) is 6.24. The Balaban J connectivity index is 2.12. The lowest BCUT2D eigenvalue weighted by molar-refractivity contribution is -0.171. The van der Waals surface area contributed by atoms with Gasteiger partial charge >= 0.3 is 0 Å². The molecular formula is C6H10N3O4-. The quantitative estimate of drug-likeness (QED) is 0.387. The third kappa shape index (κ3) is 1.29. The molecule has 0 aromatic carbocycles. The minimum absolute atomic E-state index is 0.243. The lowest BCUT2D eigenvalue weighted by Crippen LogP contribution is -2.53. The molecule has 0 spiro atoms. The zero-order valence-electron chi connectivity index (χ0n) is 6.70. The van der Waals surface area contributed by atoms with Crippen molar-refractivity contribution in [1.82, 2.24) is 0 Å². The number of nitrogens with one attached hydrogen (secondary N) is 1. The average molecular weight is 188 g/mol. The summed E-state index contributed by atoms with van der Waals surface area (Å²) in [4.78, 5) is 0. The van der Waals surface area contributed by atoms with Crippen LogP contribution >= 0.6 is 0 Å². The summed E-state index contributed by atoms with van der Waals surface area (Å²) in [7, 11) is 0. The van der Waals surface area contributed by atoms with Gasteiger partial charge in [0.2, 0.25) is 0 Å². The van der Waals surface area contributed by atoms with E-state index in [-0.39, 0.29) is 6.61 Å². The smallest absolute Gasteiger partial charge is 0.164 e. The Labute approximate surface area is 74.1 Å². The minimum atomic E-state index is -1.07. The summed E-state index contributed by atoms with van der Waals surface area (Å²) in [6, 6.07) is -0.800. The van der Waals surface area contributed by atoms with E-state index < -0.39 is 30.6 Å². The first kappa shape index (κ1) is 8.82. The van der Waals surface area contributed by atoms with Crippen LogP contribution < -0.4 is 0 Å². The molecule has 2 heterocycles. The van der Waals surface area contributed by atoms with E-state index in [1.165, 1.54) is 0 Å². The average Bonchev–Trinajstić information content (AvgIpc) is 2.56. The summed E-state index contributed by atoms with van der Waals surface area (Å²) in [5.74, 6) is 0. The number of rotatable bonds is 2. The maximum Gasteiger partial charge on any atom is 0.164 e. The minimum Gasteiger partial charge on any atom is -0.398 e. The topological polar surface area (TPSA) is 109 Å². The fraction of sp³-hybridized carbons (Fsp3) is 1.00. The summed E-state index contributed by atoms with van der Waals surface area (Å²) >= 11 is 0. The highest BCUT2D eigenvalue weighted by atomic mass is 16.7. The molecule has 0 radical (unpaired) electrons. The van der Waals surface area contributed by atoms with Crippen LogP contribution in [-0.2, 0) is 9.47 Å². The van der Waals surface area contributed by atoms with E-state index in [9.17, 15) is 10.2 Å². The van der Waals surface area contributed by atoms with Crippen molar-refractivity contribution in [1.29, 1.82) is 5.53 Å². The van der Waals surface area contributed by atoms with Gasteiger partial charge in [-0.25, -0.2) is 0 Å². The standard InChI is InChI=1S/C6H10N3O4/c7-9-8-3-5(11)4(10)2-1-12-6(3)13-2/h2-6,10-11H,1H2,(H-,7,8)/q-1/t2?,3-,4+,5-,6?/m1/s1. The maximum atomic E-state index is 9.50. The molecule has 0 amide bonds. The monoisotopic (exact) mass is 188 g/mol. The van der Waals surface area contributed by atoms with Gasteiger partial charge in [-0.1, -0.05) is 0 Å². The largest absolute Gasteiger partial charge is 0.398 e. The molecule has 2 aliphatic heterocycles. The van der Waals surface area contributed by atoms with Gasteiger partial charge in [0.15, 0.2) is 6.29 Å². The van der Waals surface area contributed by atoms with E-state index in [1.807, 2.05) is 0 Å². The number of hydrogen-bond acceptors (Lipinski definition) is 6. The molecular weight excluding hydrogens is 178 g/mol. The van der Waals surface area contributed by atoms with E-state index in [0.717, 1.165) is 0 Å². The van der Waals surface area contributed by atoms with Crippen molar-refractivity contribution in [3.63, 3.8) is 0 Å². The third-order valence-electron chi connectivity index (χ3n) is 2.28. The van der Waals surface area contributed by atoms with Crippen molar-refractivity contribution in [3.05, 3.63) is 5.43 Å². The summed E-state index contributed by atoms with van der Waals surface area (Å²) in [5.41, 5.74) is 9.95. The van der Waals surface area contributed by atoms with Crippen LogP contribution in [0.2, 0.25) is 0 Å². The molecule has 3 N–H and O–H groups in total. The van der Waals surface area contributed by atoms with Crippen molar-refractivity contribution < 1.29 is 19.7 Å². The van der Waals surface area contributed by atoms with Crippen LogP contribution in [0, 0.1) is 5.53 Å². The molecule has 0 aliphatic carbocycles. The summed E-state index contributed by atoms with van der Waals surface area (Å²) < 4.78 is 10.3. The Bertz CT molecular complexity index is 214. The lowest BCUT2D eigenvalue weighted by Gasteiger charge is -2.37. The molecule has 0 aromatic rings. The zero-order valence-corrected chi connectivity index (χ0v) is 6.70. The predicted molar refractivity (Wildman–Crippen MR) is 38.9 cm³/mol. The summed E-state index contributed by atoms with van der Waals surface area (Å²) in [6.45, 7) is 0.243. The number of nitrogens with zero attached hydrogens (tertiary/aromatic N) is 2. The van der Waals surface area contributed by atoms with Gasteiger partial charge in [-0.15, -0.1) is 0 Å². The van der Waals surface area contributed by atoms with Gasteiger partial charge in [0.1, 0.15) is 12.2 Å². The molecule has 2 bridgehead atoms. The van der Waals surface area contributed by atoms with Gasteiger partial charge in [-0.2, -0.15) is 0 Å². The van der Waals surface area contributed by atoms with Crippen LogP contribution in [-0.4, -0.2) is 47.5 Å². The van der Waals surface area contributed by atoms with Crippen LogP contribution in [0.25, 0.3) is 5.43 Å². The Kier molecular flexibility index (Phi) is 2.16. The van der Waals surface area contributed by atoms with Crippen LogP contribution in [0.1, 0.15) is 0 Å². The van der Waals surface area contributed by atoms with E-state index >= 15 is 0 Å². The van der Waals surface area contributed by atoms with E-state index in [2.05, 4.69) is 10.6 Å². The Morgan fingerprint density at radius 3 is 2.85 bits per heavy atom. The fourth-order valence-electron chi connectivity index (χ4n) is 1.57. The normalized spacial score (nSPS) is 48.9. The molecule has 7 nitrogen and oxygen atoms in total. The third-order valence-corrected chi connectivity index (χ3v) is 2.28. The van der Waals surface area contributed by atoms with Crippen molar-refractivity contribution in [3.8, 4) is 0 Å². The van der Waals surface area contributed by atoms with Crippen molar-refractivity contribution in [2.45, 2.75) is 30.6 Å². The summed E-state index contributed by atoms with van der Waals surface area (Å²) in [6.07, 6.45) is -3.26. The molecule has 5 atom stereocenters. The van der Waals surface area contributed by atoms with Crippen LogP contribution in [0.3, 0.4) is 0 Å². The molecule has 74 valence electrons. The Morgan fingerprint density at radius 2 is 2.15 bits per heavy atom. The van der Waals surface area contributed by atoms with Gasteiger partial charge in [-0.05, 0) is 0 Å². The summed E-state index contributed by atoms with van der Waals surface area (Å²) in [5, 5.41) is 21.8. The highest BCUT2D eigenvalue weighted by molar-refractivity contribution is 5.04. The zero-order chi connectivity index (χ0) is 9.42. The molecule has 2 saturated heterocycles. The number of fused-ring (bicyclic) bond motifs is 2. The molecule has 0 saturated carbocycles. The molecule has 7 heteroatoms. The van der Waals surface area contributed by atoms with E-state index in [4.69, 9.17) is 15.0 Å². The number of ether oxygens (including phenoxy) is 2. The highest BCUT2D eigenvalue weighted by Crippen LogP contribution is 2.31. The molecule has 2 fully saturated rings. The second-order valence-electron chi connectivity index (χ2n) is 3.06. The Morgan fingerprint density at radius 1 is 1.38 bits per heavy atom. The van der Waals surface area contributed by atoms with E-state index in [1.54, 1.807) is 0 Å². The van der Waals surface area contributed by atoms with Crippen LogP contribution in [0.15, 0.2) is 5.22 Å². The van der Waals surface area contributed by atoms with Crippen LogP contribution in [0.5, 0.6) is 0 Å². The number of aliphatic hydroxyl groups excluding tert-OH is 2. The van der Waals surface area contributed by atoms with Gasteiger partial charge in [0.05, 0.1) is 18.8 Å². The maximum absolute atomic E-state index is 9.50. The van der Waals surface area contributed by atoms with Gasteiger partial charge in [0.25, 0.3) is 0 Å². The first-order valence-electron chi connectivity index (χ1n) is 3.94. The Hall–Kier alpha value is -0.760. The van der Waals surface area contributed by atoms with Crippen molar-refractivity contribution in [2.24, 2.45) is 5.22 Å². The van der Waals surface area contributed by atoms with Gasteiger partial charge in [-0.3, -0.25) is 5.22 Å². The van der Waals surface area contributed by atoms with E-state index in [0.29, 0.717) is 0 Å². The highest BCUT2D eigenvalue weighted by Gasteiger charge is 2.47. The van der Waals surface area contributed by atoms with Crippen LogP contribution in [0.4, 0.5) is 0 Å².